The Kier molecular flexibility index (Phi) is 5.18. The molecule has 1 aromatic carbocycles. The summed E-state index contributed by atoms with van der Waals surface area (Å²) in [5.41, 5.74) is 6.18. The number of carbonyl (C=O) groups is 1. The van der Waals surface area contributed by atoms with Gasteiger partial charge in [0.25, 0.3) is 0 Å². The fraction of sp³-hybridized carbons (Fsp3) is 0.500. The van der Waals surface area contributed by atoms with Crippen LogP contribution in [0.3, 0.4) is 0 Å². The number of aliphatic carboxylic acids is 1. The number of hydrogen-bond acceptors (Lipinski definition) is 4. The fourth-order valence-electron chi connectivity index (χ4n) is 2.31. The second kappa shape index (κ2) is 6.43. The van der Waals surface area contributed by atoms with Crippen molar-refractivity contribution in [2.24, 2.45) is 11.7 Å². The molecule has 5 N–H and O–H groups in total. The van der Waals surface area contributed by atoms with Crippen LogP contribution in [-0.4, -0.2) is 27.3 Å². The number of carboxylic acid groups (broad SMARTS) is 1. The van der Waals surface area contributed by atoms with Crippen LogP contribution in [-0.2, 0) is 4.79 Å². The topological polar surface area (TPSA) is 104 Å². The van der Waals surface area contributed by atoms with Crippen molar-refractivity contribution in [3.05, 3.63) is 23.8 Å². The summed E-state index contributed by atoms with van der Waals surface area (Å²) in [7, 11) is 0. The summed E-state index contributed by atoms with van der Waals surface area (Å²) in [5, 5.41) is 28.2. The van der Waals surface area contributed by atoms with Crippen molar-refractivity contribution < 1.29 is 20.1 Å². The first-order chi connectivity index (χ1) is 8.86. The molecule has 19 heavy (non-hydrogen) atoms. The van der Waals surface area contributed by atoms with E-state index in [0.717, 1.165) is 6.42 Å². The average molecular weight is 267 g/mol. The van der Waals surface area contributed by atoms with Crippen LogP contribution in [0.5, 0.6) is 11.5 Å². The van der Waals surface area contributed by atoms with Crippen LogP contribution in [0, 0.1) is 5.92 Å². The van der Waals surface area contributed by atoms with Gasteiger partial charge >= 0.3 is 5.97 Å². The molecule has 5 heteroatoms. The summed E-state index contributed by atoms with van der Waals surface area (Å²) in [4.78, 5) is 10.8. The summed E-state index contributed by atoms with van der Waals surface area (Å²) >= 11 is 0. The molecule has 0 fully saturated rings. The van der Waals surface area contributed by atoms with Crippen molar-refractivity contribution in [3.8, 4) is 11.5 Å². The molecular weight excluding hydrogens is 246 g/mol. The van der Waals surface area contributed by atoms with E-state index in [2.05, 4.69) is 0 Å². The van der Waals surface area contributed by atoms with E-state index in [1.165, 1.54) is 18.2 Å². The zero-order valence-corrected chi connectivity index (χ0v) is 11.2. The number of carboxylic acids is 1. The molecule has 0 spiro atoms. The van der Waals surface area contributed by atoms with Crippen LogP contribution in [0.1, 0.15) is 38.2 Å². The van der Waals surface area contributed by atoms with Gasteiger partial charge in [-0.05, 0) is 36.5 Å². The van der Waals surface area contributed by atoms with Gasteiger partial charge in [-0.3, -0.25) is 4.79 Å². The van der Waals surface area contributed by atoms with Gasteiger partial charge in [-0.2, -0.15) is 0 Å². The molecule has 0 saturated heterocycles. The fourth-order valence-corrected chi connectivity index (χ4v) is 2.31. The molecule has 3 unspecified atom stereocenters. The van der Waals surface area contributed by atoms with Gasteiger partial charge in [0.15, 0.2) is 0 Å². The van der Waals surface area contributed by atoms with Crippen LogP contribution in [0.15, 0.2) is 18.2 Å². The van der Waals surface area contributed by atoms with Crippen LogP contribution >= 0.6 is 0 Å². The third kappa shape index (κ3) is 3.86. The maximum absolute atomic E-state index is 10.8. The zero-order chi connectivity index (χ0) is 14.6. The van der Waals surface area contributed by atoms with Crippen molar-refractivity contribution in [1.82, 2.24) is 0 Å². The standard InChI is InChI=1S/C14H21NO4/c1-3-9(6-12(15)14(18)19)8(2)11-7-10(16)4-5-13(11)17/h4-5,7-9,12,16-17H,3,6,15H2,1-2H3,(H,18,19). The molecule has 1 aromatic rings. The minimum Gasteiger partial charge on any atom is -0.508 e. The summed E-state index contributed by atoms with van der Waals surface area (Å²) in [6, 6.07) is 3.45. The first-order valence-electron chi connectivity index (χ1n) is 6.37. The van der Waals surface area contributed by atoms with Gasteiger partial charge in [-0.1, -0.05) is 20.3 Å². The smallest absolute Gasteiger partial charge is 0.320 e. The van der Waals surface area contributed by atoms with Crippen LogP contribution in [0.25, 0.3) is 0 Å². The molecular formula is C14H21NO4. The highest BCUT2D eigenvalue weighted by atomic mass is 16.4. The largest absolute Gasteiger partial charge is 0.508 e. The molecule has 0 aliphatic rings. The second-order valence-electron chi connectivity index (χ2n) is 4.88. The lowest BCUT2D eigenvalue weighted by atomic mass is 9.81. The maximum Gasteiger partial charge on any atom is 0.320 e. The number of phenols is 2. The van der Waals surface area contributed by atoms with Crippen molar-refractivity contribution in [1.29, 1.82) is 0 Å². The van der Waals surface area contributed by atoms with Gasteiger partial charge < -0.3 is 21.1 Å². The quantitative estimate of drug-likeness (QED) is 0.590. The van der Waals surface area contributed by atoms with Crippen molar-refractivity contribution >= 4 is 5.97 Å². The molecule has 0 aliphatic heterocycles. The summed E-state index contributed by atoms with van der Waals surface area (Å²) in [6.07, 6.45) is 1.08. The van der Waals surface area contributed by atoms with Crippen LogP contribution in [0.4, 0.5) is 0 Å². The Morgan fingerprint density at radius 2 is 2.00 bits per heavy atom. The Morgan fingerprint density at radius 3 is 2.53 bits per heavy atom. The molecule has 0 radical (unpaired) electrons. The van der Waals surface area contributed by atoms with Crippen molar-refractivity contribution in [2.75, 3.05) is 0 Å². The van der Waals surface area contributed by atoms with E-state index < -0.39 is 12.0 Å². The van der Waals surface area contributed by atoms with Crippen molar-refractivity contribution in [2.45, 2.75) is 38.6 Å². The molecule has 0 aliphatic carbocycles. The Bertz CT molecular complexity index is 447. The number of phenolic OH excluding ortho intramolecular Hbond substituents is 2. The Balaban J connectivity index is 2.91. The average Bonchev–Trinajstić information content (AvgIpc) is 2.37. The monoisotopic (exact) mass is 267 g/mol. The third-order valence-electron chi connectivity index (χ3n) is 3.61. The highest BCUT2D eigenvalue weighted by Crippen LogP contribution is 2.36. The van der Waals surface area contributed by atoms with Crippen LogP contribution < -0.4 is 5.73 Å². The van der Waals surface area contributed by atoms with Crippen LogP contribution in [0.2, 0.25) is 0 Å². The first-order valence-corrected chi connectivity index (χ1v) is 6.37. The molecule has 5 nitrogen and oxygen atoms in total. The molecule has 0 bridgehead atoms. The lowest BCUT2D eigenvalue weighted by Crippen LogP contribution is -2.33. The lowest BCUT2D eigenvalue weighted by molar-refractivity contribution is -0.139. The normalized spacial score (nSPS) is 15.7. The number of hydrogen-bond donors (Lipinski definition) is 4. The lowest BCUT2D eigenvalue weighted by Gasteiger charge is -2.25. The molecule has 0 aromatic heterocycles. The van der Waals surface area contributed by atoms with E-state index in [0.29, 0.717) is 12.0 Å². The number of aromatic hydroxyl groups is 2. The van der Waals surface area contributed by atoms with E-state index in [-0.39, 0.29) is 23.3 Å². The SMILES string of the molecule is CCC(CC(N)C(=O)O)C(C)c1cc(O)ccc1O. The zero-order valence-electron chi connectivity index (χ0n) is 11.2. The molecule has 0 saturated carbocycles. The Morgan fingerprint density at radius 1 is 1.37 bits per heavy atom. The third-order valence-corrected chi connectivity index (χ3v) is 3.61. The first kappa shape index (κ1) is 15.3. The summed E-state index contributed by atoms with van der Waals surface area (Å²) in [6.45, 7) is 3.85. The predicted molar refractivity (Wildman–Crippen MR) is 72.2 cm³/mol. The minimum absolute atomic E-state index is 0.0267. The van der Waals surface area contributed by atoms with E-state index >= 15 is 0 Å². The summed E-state index contributed by atoms with van der Waals surface area (Å²) in [5.74, 6) is -0.892. The van der Waals surface area contributed by atoms with E-state index in [1.54, 1.807) is 0 Å². The summed E-state index contributed by atoms with van der Waals surface area (Å²) < 4.78 is 0. The van der Waals surface area contributed by atoms with Gasteiger partial charge in [0.05, 0.1) is 0 Å². The molecule has 3 atom stereocenters. The predicted octanol–water partition coefficient (Wildman–Crippen LogP) is 2.03. The number of rotatable bonds is 6. The van der Waals surface area contributed by atoms with Gasteiger partial charge in [0.2, 0.25) is 0 Å². The van der Waals surface area contributed by atoms with E-state index in [9.17, 15) is 15.0 Å². The highest BCUT2D eigenvalue weighted by molar-refractivity contribution is 5.73. The second-order valence-corrected chi connectivity index (χ2v) is 4.88. The molecule has 0 amide bonds. The number of nitrogens with two attached hydrogens (primary N) is 1. The minimum atomic E-state index is -1.02. The maximum atomic E-state index is 10.8. The van der Waals surface area contributed by atoms with E-state index in [1.807, 2.05) is 13.8 Å². The van der Waals surface area contributed by atoms with Gasteiger partial charge in [-0.25, -0.2) is 0 Å². The van der Waals surface area contributed by atoms with E-state index in [4.69, 9.17) is 10.8 Å². The van der Waals surface area contributed by atoms with Crippen molar-refractivity contribution in [3.63, 3.8) is 0 Å². The Hall–Kier alpha value is -1.75. The Labute approximate surface area is 112 Å². The number of benzene rings is 1. The molecule has 0 heterocycles. The molecule has 106 valence electrons. The molecule has 1 rings (SSSR count). The van der Waals surface area contributed by atoms with Gasteiger partial charge in [0, 0.05) is 5.56 Å². The highest BCUT2D eigenvalue weighted by Gasteiger charge is 2.25. The van der Waals surface area contributed by atoms with Gasteiger partial charge in [0.1, 0.15) is 17.5 Å². The van der Waals surface area contributed by atoms with Gasteiger partial charge in [-0.15, -0.1) is 0 Å².